The Morgan fingerprint density at radius 3 is 3.00 bits per heavy atom. The normalized spacial score (nSPS) is 9.45. The lowest BCUT2D eigenvalue weighted by Gasteiger charge is -1.94. The summed E-state index contributed by atoms with van der Waals surface area (Å²) in [6.45, 7) is 0. The number of hydrogen-bond acceptors (Lipinski definition) is 4. The van der Waals surface area contributed by atoms with E-state index in [1.807, 2.05) is 0 Å². The highest BCUT2D eigenvalue weighted by molar-refractivity contribution is 7.99. The van der Waals surface area contributed by atoms with Crippen LogP contribution in [0.2, 0.25) is 0 Å². The highest BCUT2D eigenvalue weighted by Crippen LogP contribution is 2.10. The fourth-order valence-corrected chi connectivity index (χ4v) is 1.07. The number of carbonyl (C=O) groups is 1. The summed E-state index contributed by atoms with van der Waals surface area (Å²) in [5.41, 5.74) is 4.93. The molecule has 0 radical (unpaired) electrons. The number of carbonyl (C=O) groups excluding carboxylic acids is 1. The zero-order valence-corrected chi connectivity index (χ0v) is 6.54. The monoisotopic (exact) mass is 169 g/mol. The zero-order chi connectivity index (χ0) is 8.10. The molecular weight excluding hydrogens is 162 g/mol. The minimum Gasteiger partial charge on any atom is -0.369 e. The summed E-state index contributed by atoms with van der Waals surface area (Å²) in [5.74, 6) is -0.0979. The van der Waals surface area contributed by atoms with Crippen LogP contribution < -0.4 is 5.73 Å². The van der Waals surface area contributed by atoms with Crippen molar-refractivity contribution < 1.29 is 4.79 Å². The van der Waals surface area contributed by atoms with Crippen molar-refractivity contribution in [2.75, 3.05) is 5.75 Å². The predicted molar refractivity (Wildman–Crippen MR) is 42.0 cm³/mol. The van der Waals surface area contributed by atoms with E-state index in [2.05, 4.69) is 9.97 Å². The zero-order valence-electron chi connectivity index (χ0n) is 5.73. The van der Waals surface area contributed by atoms with Crippen molar-refractivity contribution in [2.24, 2.45) is 5.73 Å². The molecule has 0 fully saturated rings. The van der Waals surface area contributed by atoms with Gasteiger partial charge in [0.15, 0.2) is 0 Å². The smallest absolute Gasteiger partial charge is 0.227 e. The maximum Gasteiger partial charge on any atom is 0.227 e. The number of nitrogens with two attached hydrogens (primary N) is 1. The largest absolute Gasteiger partial charge is 0.369 e. The molecule has 1 aromatic heterocycles. The van der Waals surface area contributed by atoms with Crippen LogP contribution in [-0.4, -0.2) is 21.6 Å². The summed E-state index contributed by atoms with van der Waals surface area (Å²) < 4.78 is 0. The van der Waals surface area contributed by atoms with Gasteiger partial charge in [-0.15, -0.1) is 0 Å². The molecule has 0 aromatic carbocycles. The highest BCUT2D eigenvalue weighted by Gasteiger charge is 1.97. The van der Waals surface area contributed by atoms with E-state index in [9.17, 15) is 4.79 Å². The molecule has 58 valence electrons. The van der Waals surface area contributed by atoms with Crippen LogP contribution in [0.3, 0.4) is 0 Å². The Hall–Kier alpha value is -1.10. The molecule has 0 spiro atoms. The van der Waals surface area contributed by atoms with Crippen molar-refractivity contribution in [1.29, 1.82) is 0 Å². The van der Waals surface area contributed by atoms with E-state index >= 15 is 0 Å². The SMILES string of the molecule is NC(=O)CSc1cnccn1. The Balaban J connectivity index is 2.45. The quantitative estimate of drug-likeness (QED) is 0.649. The van der Waals surface area contributed by atoms with Crippen LogP contribution in [0.1, 0.15) is 0 Å². The third kappa shape index (κ3) is 2.99. The highest BCUT2D eigenvalue weighted by atomic mass is 32.2. The van der Waals surface area contributed by atoms with E-state index in [-0.39, 0.29) is 11.7 Å². The first-order valence-corrected chi connectivity index (χ1v) is 3.94. The molecular formula is C6H7N3OS. The predicted octanol–water partition coefficient (Wildman–Crippen LogP) is 0.0540. The summed E-state index contributed by atoms with van der Waals surface area (Å²) in [6.07, 6.45) is 4.74. The minimum atomic E-state index is -0.347. The van der Waals surface area contributed by atoms with Gasteiger partial charge in [-0.3, -0.25) is 9.78 Å². The van der Waals surface area contributed by atoms with Crippen LogP contribution in [0.4, 0.5) is 0 Å². The van der Waals surface area contributed by atoms with Crippen LogP contribution in [-0.2, 0) is 4.79 Å². The first kappa shape index (κ1) is 8.00. The van der Waals surface area contributed by atoms with Crippen molar-refractivity contribution >= 4 is 17.7 Å². The number of thioether (sulfide) groups is 1. The van der Waals surface area contributed by atoms with Gasteiger partial charge in [-0.05, 0) is 0 Å². The van der Waals surface area contributed by atoms with Gasteiger partial charge in [-0.25, -0.2) is 4.98 Å². The summed E-state index contributed by atoms with van der Waals surface area (Å²) in [4.78, 5) is 18.1. The summed E-state index contributed by atoms with van der Waals surface area (Å²) in [7, 11) is 0. The Morgan fingerprint density at radius 2 is 2.45 bits per heavy atom. The molecule has 4 nitrogen and oxygen atoms in total. The second-order valence-corrected chi connectivity index (χ2v) is 2.79. The fraction of sp³-hybridized carbons (Fsp3) is 0.167. The van der Waals surface area contributed by atoms with Gasteiger partial charge in [0.25, 0.3) is 0 Å². The van der Waals surface area contributed by atoms with Gasteiger partial charge >= 0.3 is 0 Å². The molecule has 0 unspecified atom stereocenters. The molecule has 0 saturated carbocycles. The second-order valence-electron chi connectivity index (χ2n) is 1.80. The Labute approximate surface area is 68.2 Å². The molecule has 1 aromatic rings. The van der Waals surface area contributed by atoms with Crippen LogP contribution in [0, 0.1) is 0 Å². The summed E-state index contributed by atoms with van der Waals surface area (Å²) >= 11 is 1.28. The summed E-state index contributed by atoms with van der Waals surface area (Å²) in [6, 6.07) is 0. The first-order valence-electron chi connectivity index (χ1n) is 2.96. The number of nitrogens with zero attached hydrogens (tertiary/aromatic N) is 2. The molecule has 0 aliphatic rings. The molecule has 0 bridgehead atoms. The van der Waals surface area contributed by atoms with Crippen molar-refractivity contribution in [3.63, 3.8) is 0 Å². The Morgan fingerprint density at radius 1 is 1.64 bits per heavy atom. The van der Waals surface area contributed by atoms with E-state index in [0.29, 0.717) is 5.03 Å². The van der Waals surface area contributed by atoms with Crippen LogP contribution in [0.5, 0.6) is 0 Å². The van der Waals surface area contributed by atoms with Gasteiger partial charge in [0.2, 0.25) is 5.91 Å². The van der Waals surface area contributed by atoms with E-state index in [0.717, 1.165) is 0 Å². The molecule has 1 amide bonds. The standard InChI is InChI=1S/C6H7N3OS/c7-5(10)4-11-6-3-8-1-2-9-6/h1-3H,4H2,(H2,7,10). The number of hydrogen-bond donors (Lipinski definition) is 1. The molecule has 0 aliphatic heterocycles. The second kappa shape index (κ2) is 3.92. The lowest BCUT2D eigenvalue weighted by atomic mass is 10.8. The van der Waals surface area contributed by atoms with Gasteiger partial charge in [-0.2, -0.15) is 0 Å². The van der Waals surface area contributed by atoms with Crippen molar-refractivity contribution in [2.45, 2.75) is 5.03 Å². The van der Waals surface area contributed by atoms with Gasteiger partial charge in [0.05, 0.1) is 11.9 Å². The first-order chi connectivity index (χ1) is 5.29. The lowest BCUT2D eigenvalue weighted by molar-refractivity contribution is -0.115. The molecule has 1 heterocycles. The third-order valence-corrected chi connectivity index (χ3v) is 1.84. The topological polar surface area (TPSA) is 68.9 Å². The lowest BCUT2D eigenvalue weighted by Crippen LogP contribution is -2.13. The van der Waals surface area contributed by atoms with E-state index < -0.39 is 0 Å². The van der Waals surface area contributed by atoms with E-state index in [1.54, 1.807) is 18.6 Å². The van der Waals surface area contributed by atoms with Crippen molar-refractivity contribution in [3.05, 3.63) is 18.6 Å². The number of amides is 1. The van der Waals surface area contributed by atoms with Crippen molar-refractivity contribution in [3.8, 4) is 0 Å². The molecule has 0 atom stereocenters. The number of aromatic nitrogens is 2. The average molecular weight is 169 g/mol. The van der Waals surface area contributed by atoms with Crippen LogP contribution in [0.15, 0.2) is 23.6 Å². The number of rotatable bonds is 3. The Bertz CT molecular complexity index is 239. The van der Waals surface area contributed by atoms with Crippen molar-refractivity contribution in [1.82, 2.24) is 9.97 Å². The van der Waals surface area contributed by atoms with E-state index in [1.165, 1.54) is 11.8 Å². The molecule has 1 rings (SSSR count). The van der Waals surface area contributed by atoms with Gasteiger partial charge < -0.3 is 5.73 Å². The molecule has 11 heavy (non-hydrogen) atoms. The van der Waals surface area contributed by atoms with Gasteiger partial charge in [0, 0.05) is 12.4 Å². The molecule has 5 heteroatoms. The molecule has 0 saturated heterocycles. The minimum absolute atomic E-state index is 0.249. The van der Waals surface area contributed by atoms with Gasteiger partial charge in [-0.1, -0.05) is 11.8 Å². The maximum atomic E-state index is 10.3. The van der Waals surface area contributed by atoms with E-state index in [4.69, 9.17) is 5.73 Å². The van der Waals surface area contributed by atoms with Crippen LogP contribution >= 0.6 is 11.8 Å². The Kier molecular flexibility index (Phi) is 2.85. The van der Waals surface area contributed by atoms with Gasteiger partial charge in [0.1, 0.15) is 5.03 Å². The summed E-state index contributed by atoms with van der Waals surface area (Å²) in [5, 5.41) is 0.714. The maximum absolute atomic E-state index is 10.3. The molecule has 2 N–H and O–H groups in total. The van der Waals surface area contributed by atoms with Crippen LogP contribution in [0.25, 0.3) is 0 Å². The average Bonchev–Trinajstić information content (AvgIpc) is 2.03. The molecule has 0 aliphatic carbocycles. The fourth-order valence-electron chi connectivity index (χ4n) is 0.505. The number of primary amides is 1. The third-order valence-electron chi connectivity index (χ3n) is 0.902.